The van der Waals surface area contributed by atoms with E-state index in [0.29, 0.717) is 8.59 Å². The molecule has 0 N–H and O–H groups in total. The van der Waals surface area contributed by atoms with Crippen LogP contribution in [0.1, 0.15) is 16.2 Å². The molecule has 2 aromatic rings. The molecule has 2 rings (SSSR count). The van der Waals surface area contributed by atoms with Crippen molar-refractivity contribution in [2.45, 2.75) is 0 Å². The quantitative estimate of drug-likeness (QED) is 0.609. The number of halogens is 3. The number of nitrogens with zero attached hydrogens (tertiary/aromatic N) is 2. The Balaban J connectivity index is 2.37. The topological polar surface area (TPSA) is 42.9 Å². The molecule has 0 aromatic carbocycles. The van der Waals surface area contributed by atoms with Crippen LogP contribution in [-0.4, -0.2) is 15.8 Å². The van der Waals surface area contributed by atoms with Gasteiger partial charge in [0, 0.05) is 6.20 Å². The van der Waals surface area contributed by atoms with Crippen LogP contribution in [0.15, 0.2) is 30.6 Å². The van der Waals surface area contributed by atoms with E-state index in [1.165, 1.54) is 18.3 Å². The van der Waals surface area contributed by atoms with Crippen LogP contribution < -0.4 is 0 Å². The molecule has 0 aliphatic heterocycles. The summed E-state index contributed by atoms with van der Waals surface area (Å²) in [5.74, 6) is -0.814. The van der Waals surface area contributed by atoms with E-state index in [0.717, 1.165) is 6.20 Å². The van der Waals surface area contributed by atoms with Gasteiger partial charge >= 0.3 is 0 Å². The van der Waals surface area contributed by atoms with Crippen LogP contribution in [-0.2, 0) is 0 Å². The first-order valence-corrected chi connectivity index (χ1v) is 6.01. The maximum Gasteiger partial charge on any atom is 0.229 e. The van der Waals surface area contributed by atoms with Crippen molar-refractivity contribution in [3.05, 3.63) is 56.4 Å². The Bertz CT molecular complexity index is 574. The lowest BCUT2D eigenvalue weighted by atomic mass is 10.2. The van der Waals surface area contributed by atoms with Crippen molar-refractivity contribution < 1.29 is 9.18 Å². The number of carbonyl (C=O) groups excluding carboxylic acids is 1. The zero-order valence-corrected chi connectivity index (χ0v) is 11.2. The second-order valence-electron chi connectivity index (χ2n) is 3.17. The summed E-state index contributed by atoms with van der Waals surface area (Å²) in [6, 6.07) is 4.45. The van der Waals surface area contributed by atoms with Crippen molar-refractivity contribution in [3.8, 4) is 0 Å². The maximum atomic E-state index is 13.0. The van der Waals surface area contributed by atoms with Crippen molar-refractivity contribution in [1.29, 1.82) is 0 Å². The smallest absolute Gasteiger partial charge is 0.229 e. The fourth-order valence-corrected chi connectivity index (χ4v) is 1.73. The zero-order chi connectivity index (χ0) is 12.4. The average Bonchev–Trinajstić information content (AvgIpc) is 2.33. The molecule has 0 saturated heterocycles. The monoisotopic (exact) mass is 362 g/mol. The van der Waals surface area contributed by atoms with Crippen LogP contribution >= 0.6 is 34.2 Å². The number of carbonyl (C=O) groups is 1. The lowest BCUT2D eigenvalue weighted by Gasteiger charge is -2.01. The van der Waals surface area contributed by atoms with Gasteiger partial charge in [0.1, 0.15) is 11.4 Å². The van der Waals surface area contributed by atoms with Crippen LogP contribution in [0.5, 0.6) is 0 Å². The third kappa shape index (κ3) is 2.78. The summed E-state index contributed by atoms with van der Waals surface area (Å²) in [6.07, 6.45) is 2.40. The highest BCUT2D eigenvalue weighted by atomic mass is 127. The number of hydrogen-bond acceptors (Lipinski definition) is 3. The molecule has 0 spiro atoms. The van der Waals surface area contributed by atoms with E-state index < -0.39 is 5.82 Å². The summed E-state index contributed by atoms with van der Waals surface area (Å²) < 4.78 is 13.3. The van der Waals surface area contributed by atoms with Gasteiger partial charge in [0.2, 0.25) is 5.78 Å². The highest BCUT2D eigenvalue weighted by Crippen LogP contribution is 2.14. The lowest BCUT2D eigenvalue weighted by Crippen LogP contribution is -2.07. The third-order valence-corrected chi connectivity index (χ3v) is 3.05. The molecule has 17 heavy (non-hydrogen) atoms. The standard InChI is InChI=1S/C11H5ClFIN2O/c12-6-1-2-9(15-4-6)11(17)10-3-8(14)7(13)5-16-10/h1-5H. The fraction of sp³-hybridized carbons (Fsp3) is 0. The van der Waals surface area contributed by atoms with Crippen molar-refractivity contribution >= 4 is 40.0 Å². The van der Waals surface area contributed by atoms with Gasteiger partial charge in [-0.2, -0.15) is 0 Å². The third-order valence-electron chi connectivity index (χ3n) is 2.00. The zero-order valence-electron chi connectivity index (χ0n) is 8.32. The summed E-state index contributed by atoms with van der Waals surface area (Å²) in [4.78, 5) is 19.6. The summed E-state index contributed by atoms with van der Waals surface area (Å²) in [5.41, 5.74) is 0.384. The van der Waals surface area contributed by atoms with E-state index in [1.807, 2.05) is 0 Å². The molecule has 0 aliphatic carbocycles. The molecule has 0 fully saturated rings. The molecular weight excluding hydrogens is 357 g/mol. The summed E-state index contributed by atoms with van der Waals surface area (Å²) in [7, 11) is 0. The highest BCUT2D eigenvalue weighted by molar-refractivity contribution is 14.1. The van der Waals surface area contributed by atoms with Gasteiger partial charge in [-0.1, -0.05) is 11.6 Å². The Morgan fingerprint density at radius 2 is 1.94 bits per heavy atom. The molecule has 0 radical (unpaired) electrons. The van der Waals surface area contributed by atoms with Crippen LogP contribution in [0, 0.1) is 9.39 Å². The minimum atomic E-state index is -0.453. The number of pyridine rings is 2. The van der Waals surface area contributed by atoms with Crippen LogP contribution in [0.25, 0.3) is 0 Å². The molecule has 2 aromatic heterocycles. The normalized spacial score (nSPS) is 10.3. The SMILES string of the molecule is O=C(c1ccc(Cl)cn1)c1cc(I)c(F)cn1. The first kappa shape index (κ1) is 12.4. The molecular formula is C11H5ClFIN2O. The predicted molar refractivity (Wildman–Crippen MR) is 69.6 cm³/mol. The molecule has 0 bridgehead atoms. The number of hydrogen-bond donors (Lipinski definition) is 0. The second-order valence-corrected chi connectivity index (χ2v) is 4.77. The molecule has 0 aliphatic rings. The molecule has 0 atom stereocenters. The van der Waals surface area contributed by atoms with Crippen molar-refractivity contribution in [3.63, 3.8) is 0 Å². The highest BCUT2D eigenvalue weighted by Gasteiger charge is 2.13. The Kier molecular flexibility index (Phi) is 3.68. The van der Waals surface area contributed by atoms with Crippen molar-refractivity contribution in [2.24, 2.45) is 0 Å². The fourth-order valence-electron chi connectivity index (χ4n) is 1.18. The van der Waals surface area contributed by atoms with Gasteiger partial charge in [-0.3, -0.25) is 9.78 Å². The number of rotatable bonds is 2. The Morgan fingerprint density at radius 3 is 2.53 bits per heavy atom. The molecule has 2 heterocycles. The van der Waals surface area contributed by atoms with Crippen LogP contribution in [0.4, 0.5) is 4.39 Å². The van der Waals surface area contributed by atoms with E-state index in [-0.39, 0.29) is 17.2 Å². The molecule has 86 valence electrons. The summed E-state index contributed by atoms with van der Waals surface area (Å²) >= 11 is 7.47. The van der Waals surface area contributed by atoms with Gasteiger partial charge in [-0.15, -0.1) is 0 Å². The maximum absolute atomic E-state index is 13.0. The van der Waals surface area contributed by atoms with E-state index >= 15 is 0 Å². The second kappa shape index (κ2) is 5.05. The molecule has 0 amide bonds. The van der Waals surface area contributed by atoms with Gasteiger partial charge in [-0.05, 0) is 40.8 Å². The summed E-state index contributed by atoms with van der Waals surface area (Å²) in [6.45, 7) is 0. The van der Waals surface area contributed by atoms with Crippen LogP contribution in [0.2, 0.25) is 5.02 Å². The van der Waals surface area contributed by atoms with Gasteiger partial charge in [0.15, 0.2) is 5.82 Å². The van der Waals surface area contributed by atoms with E-state index in [2.05, 4.69) is 9.97 Å². The molecule has 0 saturated carbocycles. The Morgan fingerprint density at radius 1 is 1.24 bits per heavy atom. The van der Waals surface area contributed by atoms with Gasteiger partial charge in [-0.25, -0.2) is 9.37 Å². The number of ketones is 1. The van der Waals surface area contributed by atoms with Crippen molar-refractivity contribution in [1.82, 2.24) is 9.97 Å². The summed E-state index contributed by atoms with van der Waals surface area (Å²) in [5, 5.41) is 0.447. The predicted octanol–water partition coefficient (Wildman–Crippen LogP) is 3.10. The van der Waals surface area contributed by atoms with Gasteiger partial charge in [0.25, 0.3) is 0 Å². The Labute approximate surface area is 115 Å². The van der Waals surface area contributed by atoms with Crippen LogP contribution in [0.3, 0.4) is 0 Å². The first-order chi connectivity index (χ1) is 8.08. The van der Waals surface area contributed by atoms with E-state index in [1.54, 1.807) is 28.7 Å². The molecule has 3 nitrogen and oxygen atoms in total. The van der Waals surface area contributed by atoms with E-state index in [9.17, 15) is 9.18 Å². The number of aromatic nitrogens is 2. The van der Waals surface area contributed by atoms with Gasteiger partial charge < -0.3 is 0 Å². The average molecular weight is 363 g/mol. The van der Waals surface area contributed by atoms with Crippen molar-refractivity contribution in [2.75, 3.05) is 0 Å². The lowest BCUT2D eigenvalue weighted by molar-refractivity contribution is 0.102. The Hall–Kier alpha value is -1.08. The largest absolute Gasteiger partial charge is 0.285 e. The minimum absolute atomic E-state index is 0.158. The molecule has 6 heteroatoms. The van der Waals surface area contributed by atoms with E-state index in [4.69, 9.17) is 11.6 Å². The molecule has 0 unspecified atom stereocenters. The van der Waals surface area contributed by atoms with Gasteiger partial charge in [0.05, 0.1) is 14.8 Å². The first-order valence-electron chi connectivity index (χ1n) is 4.55. The minimum Gasteiger partial charge on any atom is -0.285 e.